The van der Waals surface area contributed by atoms with E-state index in [0.29, 0.717) is 12.1 Å². The molecule has 4 heteroatoms. The molecule has 0 radical (unpaired) electrons. The number of amides is 2. The van der Waals surface area contributed by atoms with Crippen LogP contribution in [-0.4, -0.2) is 11.8 Å². The molecule has 22 heavy (non-hydrogen) atoms. The highest BCUT2D eigenvalue weighted by molar-refractivity contribution is 6.04. The van der Waals surface area contributed by atoms with Crippen LogP contribution in [0.3, 0.4) is 0 Å². The van der Waals surface area contributed by atoms with Crippen LogP contribution < -0.4 is 10.6 Å². The number of hydrogen-bond donors (Lipinski definition) is 2. The Morgan fingerprint density at radius 2 is 1.64 bits per heavy atom. The van der Waals surface area contributed by atoms with Crippen LogP contribution in [-0.2, 0) is 11.3 Å². The molecule has 114 valence electrons. The highest BCUT2D eigenvalue weighted by Gasteiger charge is 2.07. The molecule has 2 aromatic rings. The summed E-state index contributed by atoms with van der Waals surface area (Å²) in [4.78, 5) is 23.1. The first kappa shape index (κ1) is 15.8. The zero-order valence-electron chi connectivity index (χ0n) is 13.1. The largest absolute Gasteiger partial charge is 0.352 e. The molecule has 0 atom stereocenters. The Labute approximate surface area is 130 Å². The summed E-state index contributed by atoms with van der Waals surface area (Å²) in [6.45, 7) is 6.00. The first-order chi connectivity index (χ1) is 10.5. The van der Waals surface area contributed by atoms with Crippen LogP contribution >= 0.6 is 0 Å². The standard InChI is InChI=1S/C18H20N2O2/c1-12-4-9-17(10-13(12)2)20-18(22)16-7-5-15(6-8-16)11-19-14(3)21/h4-10H,11H2,1-3H3,(H,19,21)(H,20,22). The lowest BCUT2D eigenvalue weighted by Gasteiger charge is -2.08. The lowest BCUT2D eigenvalue weighted by atomic mass is 10.1. The van der Waals surface area contributed by atoms with E-state index in [2.05, 4.69) is 10.6 Å². The zero-order chi connectivity index (χ0) is 16.1. The summed E-state index contributed by atoms with van der Waals surface area (Å²) in [6, 6.07) is 13.0. The second kappa shape index (κ2) is 6.89. The van der Waals surface area contributed by atoms with E-state index >= 15 is 0 Å². The van der Waals surface area contributed by atoms with Crippen molar-refractivity contribution in [2.75, 3.05) is 5.32 Å². The summed E-state index contributed by atoms with van der Waals surface area (Å²) in [7, 11) is 0. The molecule has 0 saturated heterocycles. The van der Waals surface area contributed by atoms with E-state index in [9.17, 15) is 9.59 Å². The van der Waals surface area contributed by atoms with Crippen LogP contribution in [0.25, 0.3) is 0 Å². The SMILES string of the molecule is CC(=O)NCc1ccc(C(=O)Nc2ccc(C)c(C)c2)cc1. The van der Waals surface area contributed by atoms with Crippen LogP contribution in [0, 0.1) is 13.8 Å². The Morgan fingerprint density at radius 3 is 2.23 bits per heavy atom. The van der Waals surface area contributed by atoms with Crippen molar-refractivity contribution in [3.8, 4) is 0 Å². The van der Waals surface area contributed by atoms with Gasteiger partial charge in [0.25, 0.3) is 5.91 Å². The van der Waals surface area contributed by atoms with Crippen molar-refractivity contribution in [1.29, 1.82) is 0 Å². The van der Waals surface area contributed by atoms with E-state index < -0.39 is 0 Å². The Hall–Kier alpha value is -2.62. The smallest absolute Gasteiger partial charge is 0.255 e. The van der Waals surface area contributed by atoms with Crippen molar-refractivity contribution < 1.29 is 9.59 Å². The number of aryl methyl sites for hydroxylation is 2. The van der Waals surface area contributed by atoms with Gasteiger partial charge in [0, 0.05) is 24.7 Å². The molecule has 2 amide bonds. The number of carbonyl (C=O) groups is 2. The number of hydrogen-bond acceptors (Lipinski definition) is 2. The lowest BCUT2D eigenvalue weighted by Crippen LogP contribution is -2.19. The third-order valence-corrected chi connectivity index (χ3v) is 3.52. The number of carbonyl (C=O) groups excluding carboxylic acids is 2. The topological polar surface area (TPSA) is 58.2 Å². The van der Waals surface area contributed by atoms with Crippen LogP contribution in [0.4, 0.5) is 5.69 Å². The average molecular weight is 296 g/mol. The summed E-state index contributed by atoms with van der Waals surface area (Å²) < 4.78 is 0. The van der Waals surface area contributed by atoms with E-state index in [0.717, 1.165) is 16.8 Å². The van der Waals surface area contributed by atoms with Gasteiger partial charge in [0.1, 0.15) is 0 Å². The minimum atomic E-state index is -0.144. The number of nitrogens with one attached hydrogen (secondary N) is 2. The third kappa shape index (κ3) is 4.19. The van der Waals surface area contributed by atoms with E-state index in [1.807, 2.05) is 44.2 Å². The van der Waals surface area contributed by atoms with Crippen LogP contribution in [0.15, 0.2) is 42.5 Å². The zero-order valence-corrected chi connectivity index (χ0v) is 13.1. The third-order valence-electron chi connectivity index (χ3n) is 3.52. The molecule has 0 aliphatic carbocycles. The quantitative estimate of drug-likeness (QED) is 0.910. The highest BCUT2D eigenvalue weighted by atomic mass is 16.2. The van der Waals surface area contributed by atoms with E-state index in [4.69, 9.17) is 0 Å². The molecule has 0 saturated carbocycles. The first-order valence-corrected chi connectivity index (χ1v) is 7.17. The van der Waals surface area contributed by atoms with Gasteiger partial charge in [-0.1, -0.05) is 18.2 Å². The molecule has 4 nitrogen and oxygen atoms in total. The Kier molecular flexibility index (Phi) is 4.94. The highest BCUT2D eigenvalue weighted by Crippen LogP contribution is 2.15. The number of benzene rings is 2. The van der Waals surface area contributed by atoms with Gasteiger partial charge >= 0.3 is 0 Å². The molecule has 2 rings (SSSR count). The fourth-order valence-electron chi connectivity index (χ4n) is 2.02. The maximum atomic E-state index is 12.2. The van der Waals surface area contributed by atoms with Crippen molar-refractivity contribution in [3.05, 3.63) is 64.7 Å². The molecule has 0 unspecified atom stereocenters. The molecule has 0 aliphatic heterocycles. The Morgan fingerprint density at radius 1 is 0.955 bits per heavy atom. The molecular weight excluding hydrogens is 276 g/mol. The summed E-state index contributed by atoms with van der Waals surface area (Å²) >= 11 is 0. The van der Waals surface area contributed by atoms with Crippen molar-refractivity contribution in [3.63, 3.8) is 0 Å². The van der Waals surface area contributed by atoms with E-state index in [1.54, 1.807) is 12.1 Å². The minimum Gasteiger partial charge on any atom is -0.352 e. The van der Waals surface area contributed by atoms with Gasteiger partial charge < -0.3 is 10.6 Å². The van der Waals surface area contributed by atoms with Gasteiger partial charge in [0.2, 0.25) is 5.91 Å². The first-order valence-electron chi connectivity index (χ1n) is 7.17. The van der Waals surface area contributed by atoms with Crippen LogP contribution in [0.2, 0.25) is 0 Å². The summed E-state index contributed by atoms with van der Waals surface area (Å²) in [6.07, 6.45) is 0. The predicted octanol–water partition coefficient (Wildman–Crippen LogP) is 3.19. The van der Waals surface area contributed by atoms with E-state index in [-0.39, 0.29) is 11.8 Å². The maximum absolute atomic E-state index is 12.2. The monoisotopic (exact) mass is 296 g/mol. The van der Waals surface area contributed by atoms with Gasteiger partial charge in [0.05, 0.1) is 0 Å². The molecule has 0 spiro atoms. The molecule has 0 fully saturated rings. The fourth-order valence-corrected chi connectivity index (χ4v) is 2.02. The van der Waals surface area contributed by atoms with Crippen molar-refractivity contribution in [2.24, 2.45) is 0 Å². The second-order valence-electron chi connectivity index (χ2n) is 5.36. The lowest BCUT2D eigenvalue weighted by molar-refractivity contribution is -0.119. The minimum absolute atomic E-state index is 0.0726. The predicted molar refractivity (Wildman–Crippen MR) is 87.8 cm³/mol. The van der Waals surface area contributed by atoms with Gasteiger partial charge in [-0.3, -0.25) is 9.59 Å². The van der Waals surface area contributed by atoms with Crippen LogP contribution in [0.5, 0.6) is 0 Å². The van der Waals surface area contributed by atoms with Gasteiger partial charge in [-0.2, -0.15) is 0 Å². The molecule has 0 aliphatic rings. The molecule has 2 N–H and O–H groups in total. The maximum Gasteiger partial charge on any atom is 0.255 e. The number of anilines is 1. The molecule has 0 bridgehead atoms. The second-order valence-corrected chi connectivity index (χ2v) is 5.36. The normalized spacial score (nSPS) is 10.1. The molecular formula is C18H20N2O2. The molecule has 2 aromatic carbocycles. The summed E-state index contributed by atoms with van der Waals surface area (Å²) in [5.41, 5.74) is 4.67. The van der Waals surface area contributed by atoms with Gasteiger partial charge in [-0.25, -0.2) is 0 Å². The Balaban J connectivity index is 2.03. The van der Waals surface area contributed by atoms with Crippen LogP contribution in [0.1, 0.15) is 34.0 Å². The van der Waals surface area contributed by atoms with Gasteiger partial charge in [-0.05, 0) is 54.8 Å². The van der Waals surface area contributed by atoms with Gasteiger partial charge in [-0.15, -0.1) is 0 Å². The fraction of sp³-hybridized carbons (Fsp3) is 0.222. The molecule has 0 heterocycles. The number of rotatable bonds is 4. The Bertz CT molecular complexity index is 691. The summed E-state index contributed by atoms with van der Waals surface area (Å²) in [5.74, 6) is -0.217. The molecule has 0 aromatic heterocycles. The average Bonchev–Trinajstić information content (AvgIpc) is 2.49. The summed E-state index contributed by atoms with van der Waals surface area (Å²) in [5, 5.41) is 5.61. The van der Waals surface area contributed by atoms with Crippen molar-refractivity contribution in [1.82, 2.24) is 5.32 Å². The van der Waals surface area contributed by atoms with E-state index in [1.165, 1.54) is 12.5 Å². The van der Waals surface area contributed by atoms with Gasteiger partial charge in [0.15, 0.2) is 0 Å². The van der Waals surface area contributed by atoms with Crippen molar-refractivity contribution in [2.45, 2.75) is 27.3 Å². The van der Waals surface area contributed by atoms with Crippen molar-refractivity contribution >= 4 is 17.5 Å².